The van der Waals surface area contributed by atoms with Crippen molar-refractivity contribution in [1.82, 2.24) is 5.32 Å². The summed E-state index contributed by atoms with van der Waals surface area (Å²) in [5.41, 5.74) is 1.00. The van der Waals surface area contributed by atoms with Crippen molar-refractivity contribution in [2.75, 3.05) is 27.4 Å². The van der Waals surface area contributed by atoms with Gasteiger partial charge in [-0.25, -0.2) is 0 Å². The van der Waals surface area contributed by atoms with Gasteiger partial charge in [-0.3, -0.25) is 0 Å². The van der Waals surface area contributed by atoms with E-state index in [4.69, 9.17) is 21.1 Å². The molecule has 0 fully saturated rings. The van der Waals surface area contributed by atoms with Crippen LogP contribution in [0.25, 0.3) is 0 Å². The van der Waals surface area contributed by atoms with Gasteiger partial charge in [0.15, 0.2) is 0 Å². The minimum absolute atomic E-state index is 0.480. The molecule has 0 radical (unpaired) electrons. The maximum atomic E-state index is 6.14. The Morgan fingerprint density at radius 1 is 1.35 bits per heavy atom. The van der Waals surface area contributed by atoms with Gasteiger partial charge in [-0.05, 0) is 18.1 Å². The fourth-order valence-corrected chi connectivity index (χ4v) is 1.92. The molecule has 4 heteroatoms. The van der Waals surface area contributed by atoms with Crippen molar-refractivity contribution in [1.29, 1.82) is 0 Å². The normalized spacial score (nSPS) is 12.5. The Balaban J connectivity index is 2.51. The molecule has 17 heavy (non-hydrogen) atoms. The average molecular weight is 258 g/mol. The highest BCUT2D eigenvalue weighted by Gasteiger charge is 2.07. The molecule has 0 bridgehead atoms. The van der Waals surface area contributed by atoms with E-state index in [1.807, 2.05) is 18.2 Å². The Hall–Kier alpha value is -0.770. The molecule has 1 aromatic carbocycles. The Kier molecular flexibility index (Phi) is 6.34. The van der Waals surface area contributed by atoms with Crippen molar-refractivity contribution in [3.63, 3.8) is 0 Å². The van der Waals surface area contributed by atoms with Gasteiger partial charge in [-0.15, -0.1) is 0 Å². The summed E-state index contributed by atoms with van der Waals surface area (Å²) in [4.78, 5) is 0. The van der Waals surface area contributed by atoms with Gasteiger partial charge in [0.25, 0.3) is 0 Å². The van der Waals surface area contributed by atoms with Gasteiger partial charge < -0.3 is 14.8 Å². The zero-order valence-electron chi connectivity index (χ0n) is 10.6. The summed E-state index contributed by atoms with van der Waals surface area (Å²) in [5.74, 6) is 1.30. The quantitative estimate of drug-likeness (QED) is 0.815. The average Bonchev–Trinajstić information content (AvgIpc) is 2.31. The van der Waals surface area contributed by atoms with Crippen molar-refractivity contribution >= 4 is 11.6 Å². The minimum Gasteiger partial charge on any atom is -0.496 e. The van der Waals surface area contributed by atoms with Crippen molar-refractivity contribution in [3.8, 4) is 5.75 Å². The number of hydrogen-bond acceptors (Lipinski definition) is 3. The van der Waals surface area contributed by atoms with E-state index in [1.165, 1.54) is 0 Å². The predicted octanol–water partition coefficient (Wildman–Crippen LogP) is 2.72. The molecule has 0 spiro atoms. The van der Waals surface area contributed by atoms with Crippen LogP contribution >= 0.6 is 11.6 Å². The number of nitrogens with one attached hydrogen (secondary N) is 1. The number of benzene rings is 1. The highest BCUT2D eigenvalue weighted by Crippen LogP contribution is 2.25. The fourth-order valence-electron chi connectivity index (χ4n) is 1.69. The molecule has 3 nitrogen and oxygen atoms in total. The van der Waals surface area contributed by atoms with E-state index in [2.05, 4.69) is 12.2 Å². The summed E-state index contributed by atoms with van der Waals surface area (Å²) in [7, 11) is 3.37. The molecule has 0 aliphatic heterocycles. The molecule has 1 atom stereocenters. The highest BCUT2D eigenvalue weighted by molar-refractivity contribution is 6.31. The molecule has 0 aliphatic rings. The van der Waals surface area contributed by atoms with Crippen LogP contribution in [-0.2, 0) is 11.3 Å². The third kappa shape index (κ3) is 4.54. The first-order chi connectivity index (χ1) is 8.19. The number of halogens is 1. The van der Waals surface area contributed by atoms with Crippen LogP contribution in [0, 0.1) is 5.92 Å². The third-order valence-electron chi connectivity index (χ3n) is 2.54. The summed E-state index contributed by atoms with van der Waals surface area (Å²) in [6.07, 6.45) is 0. The smallest absolute Gasteiger partial charge is 0.124 e. The van der Waals surface area contributed by atoms with Crippen molar-refractivity contribution in [3.05, 3.63) is 28.8 Å². The zero-order valence-corrected chi connectivity index (χ0v) is 11.4. The third-order valence-corrected chi connectivity index (χ3v) is 2.90. The summed E-state index contributed by atoms with van der Waals surface area (Å²) < 4.78 is 10.4. The zero-order chi connectivity index (χ0) is 12.7. The lowest BCUT2D eigenvalue weighted by atomic mass is 10.1. The largest absolute Gasteiger partial charge is 0.496 e. The second-order valence-electron chi connectivity index (χ2n) is 4.11. The lowest BCUT2D eigenvalue weighted by Crippen LogP contribution is -2.23. The Morgan fingerprint density at radius 2 is 2.12 bits per heavy atom. The van der Waals surface area contributed by atoms with Crippen molar-refractivity contribution in [2.24, 2.45) is 5.92 Å². The summed E-state index contributed by atoms with van der Waals surface area (Å²) in [6, 6.07) is 5.68. The van der Waals surface area contributed by atoms with Gasteiger partial charge in [0.1, 0.15) is 5.75 Å². The molecule has 0 aromatic heterocycles. The van der Waals surface area contributed by atoms with Crippen LogP contribution in [0.1, 0.15) is 12.5 Å². The Labute approximate surface area is 108 Å². The van der Waals surface area contributed by atoms with Crippen molar-refractivity contribution < 1.29 is 9.47 Å². The molecule has 1 unspecified atom stereocenters. The van der Waals surface area contributed by atoms with Crippen LogP contribution in [-0.4, -0.2) is 27.4 Å². The number of hydrogen-bond donors (Lipinski definition) is 1. The van der Waals surface area contributed by atoms with Crippen molar-refractivity contribution in [2.45, 2.75) is 13.5 Å². The first-order valence-electron chi connectivity index (χ1n) is 5.70. The second kappa shape index (κ2) is 7.54. The number of rotatable bonds is 7. The van der Waals surface area contributed by atoms with E-state index in [-0.39, 0.29) is 0 Å². The van der Waals surface area contributed by atoms with Crippen LogP contribution in [0.4, 0.5) is 0 Å². The van der Waals surface area contributed by atoms with Gasteiger partial charge in [0.2, 0.25) is 0 Å². The molecular formula is C13H20ClNO2. The summed E-state index contributed by atoms with van der Waals surface area (Å²) in [6.45, 7) is 4.49. The van der Waals surface area contributed by atoms with Gasteiger partial charge in [0, 0.05) is 37.4 Å². The number of methoxy groups -OCH3 is 2. The molecule has 1 N–H and O–H groups in total. The van der Waals surface area contributed by atoms with E-state index in [1.54, 1.807) is 14.2 Å². The lowest BCUT2D eigenvalue weighted by molar-refractivity contribution is 0.158. The molecule has 0 heterocycles. The first-order valence-corrected chi connectivity index (χ1v) is 6.07. The monoisotopic (exact) mass is 257 g/mol. The highest BCUT2D eigenvalue weighted by atomic mass is 35.5. The van der Waals surface area contributed by atoms with E-state index < -0.39 is 0 Å². The molecule has 96 valence electrons. The standard InChI is InChI=1S/C13H20ClNO2/c1-10(9-16-2)7-15-8-11-12(14)5-4-6-13(11)17-3/h4-6,10,15H,7-9H2,1-3H3. The summed E-state index contributed by atoms with van der Waals surface area (Å²) in [5, 5.41) is 4.09. The molecule has 0 amide bonds. The van der Waals surface area contributed by atoms with Crippen LogP contribution in [0.15, 0.2) is 18.2 Å². The van der Waals surface area contributed by atoms with Crippen LogP contribution in [0.2, 0.25) is 5.02 Å². The summed E-state index contributed by atoms with van der Waals surface area (Å²) >= 11 is 6.14. The fraction of sp³-hybridized carbons (Fsp3) is 0.538. The minimum atomic E-state index is 0.480. The molecule has 0 saturated carbocycles. The second-order valence-corrected chi connectivity index (χ2v) is 4.52. The molecule has 0 saturated heterocycles. The van der Waals surface area contributed by atoms with E-state index in [9.17, 15) is 0 Å². The number of ether oxygens (including phenoxy) is 2. The van der Waals surface area contributed by atoms with Gasteiger partial charge >= 0.3 is 0 Å². The first kappa shape index (κ1) is 14.3. The molecule has 1 rings (SSSR count). The maximum Gasteiger partial charge on any atom is 0.124 e. The Morgan fingerprint density at radius 3 is 2.76 bits per heavy atom. The van der Waals surface area contributed by atoms with Crippen LogP contribution in [0.5, 0.6) is 5.75 Å². The molecule has 1 aromatic rings. The molecule has 0 aliphatic carbocycles. The van der Waals surface area contributed by atoms with E-state index >= 15 is 0 Å². The topological polar surface area (TPSA) is 30.5 Å². The predicted molar refractivity (Wildman–Crippen MR) is 70.8 cm³/mol. The van der Waals surface area contributed by atoms with Crippen LogP contribution in [0.3, 0.4) is 0 Å². The van der Waals surface area contributed by atoms with Gasteiger partial charge in [-0.2, -0.15) is 0 Å². The Bertz CT molecular complexity index is 344. The maximum absolute atomic E-state index is 6.14. The van der Waals surface area contributed by atoms with E-state index in [0.717, 1.165) is 29.5 Å². The van der Waals surface area contributed by atoms with Gasteiger partial charge in [0.05, 0.1) is 7.11 Å². The SMILES string of the molecule is COCC(C)CNCc1c(Cl)cccc1OC. The van der Waals surface area contributed by atoms with Crippen LogP contribution < -0.4 is 10.1 Å². The lowest BCUT2D eigenvalue weighted by Gasteiger charge is -2.14. The van der Waals surface area contributed by atoms with Gasteiger partial charge in [-0.1, -0.05) is 24.6 Å². The molecular weight excluding hydrogens is 238 g/mol. The van der Waals surface area contributed by atoms with E-state index in [0.29, 0.717) is 12.5 Å².